The standard InChI is InChI=1S/C47H47F2NO4/c1-44(2)26-45(3,4)28-46(27-44)41-38(23-31(48)24-39(41)49)40-35-16-11-32(50-19-21-53-22-20-50)25-37(35)43-36(42(40)46)17-18-47(54-43,29-7-12-33(51-5)13-8-29)30-9-14-34(52-6)15-10-30/h7-18,23-25H,19-22,26-28H2,1-6H3. The summed E-state index contributed by atoms with van der Waals surface area (Å²) in [5.74, 6) is 1.19. The van der Waals surface area contributed by atoms with Crippen LogP contribution in [0.5, 0.6) is 17.2 Å². The minimum Gasteiger partial charge on any atom is -0.497 e. The topological polar surface area (TPSA) is 40.2 Å². The molecule has 9 rings (SSSR count). The zero-order valence-electron chi connectivity index (χ0n) is 31.9. The first-order valence-corrected chi connectivity index (χ1v) is 19.0. The lowest BCUT2D eigenvalue weighted by Crippen LogP contribution is -2.45. The van der Waals surface area contributed by atoms with E-state index in [0.717, 1.165) is 99.9 Å². The predicted molar refractivity (Wildman–Crippen MR) is 211 cm³/mol. The molecule has 0 amide bonds. The van der Waals surface area contributed by atoms with Crippen LogP contribution < -0.4 is 19.1 Å². The van der Waals surface area contributed by atoms with Crippen molar-refractivity contribution in [2.45, 2.75) is 58.0 Å². The number of hydrogen-bond donors (Lipinski definition) is 0. The minimum atomic E-state index is -1.03. The van der Waals surface area contributed by atoms with Crippen LogP contribution in [0, 0.1) is 22.5 Å². The number of benzene rings is 5. The molecule has 2 aliphatic heterocycles. The maximum absolute atomic E-state index is 16.7. The van der Waals surface area contributed by atoms with Gasteiger partial charge in [0.15, 0.2) is 5.60 Å². The van der Waals surface area contributed by atoms with Crippen molar-refractivity contribution < 1.29 is 27.7 Å². The first kappa shape index (κ1) is 34.9. The van der Waals surface area contributed by atoms with Crippen molar-refractivity contribution in [3.8, 4) is 28.4 Å². The number of ether oxygens (including phenoxy) is 4. The van der Waals surface area contributed by atoms with Gasteiger partial charge in [-0.2, -0.15) is 0 Å². The van der Waals surface area contributed by atoms with Crippen molar-refractivity contribution in [3.05, 3.63) is 124 Å². The highest BCUT2D eigenvalue weighted by Gasteiger charge is 2.57. The Kier molecular flexibility index (Phi) is 7.95. The van der Waals surface area contributed by atoms with Gasteiger partial charge in [-0.1, -0.05) is 64.1 Å². The summed E-state index contributed by atoms with van der Waals surface area (Å²) in [6.45, 7) is 12.0. The average Bonchev–Trinajstić information content (AvgIpc) is 3.41. The first-order chi connectivity index (χ1) is 25.9. The second-order valence-corrected chi connectivity index (χ2v) is 17.2. The van der Waals surface area contributed by atoms with E-state index in [2.05, 4.69) is 87.2 Å². The normalized spacial score (nSPS) is 19.9. The maximum atomic E-state index is 16.7. The van der Waals surface area contributed by atoms with E-state index < -0.39 is 22.7 Å². The van der Waals surface area contributed by atoms with Crippen molar-refractivity contribution in [1.29, 1.82) is 0 Å². The molecular weight excluding hydrogens is 681 g/mol. The van der Waals surface area contributed by atoms with Crippen molar-refractivity contribution >= 4 is 22.5 Å². The van der Waals surface area contributed by atoms with Gasteiger partial charge in [-0.15, -0.1) is 0 Å². The maximum Gasteiger partial charge on any atom is 0.178 e. The summed E-state index contributed by atoms with van der Waals surface area (Å²) in [4.78, 5) is 2.34. The third kappa shape index (κ3) is 5.33. The molecule has 54 heavy (non-hydrogen) atoms. The summed E-state index contributed by atoms with van der Waals surface area (Å²) in [7, 11) is 3.33. The Balaban J connectivity index is 1.38. The van der Waals surface area contributed by atoms with E-state index in [4.69, 9.17) is 18.9 Å². The molecule has 0 radical (unpaired) electrons. The monoisotopic (exact) mass is 727 g/mol. The van der Waals surface area contributed by atoms with Gasteiger partial charge >= 0.3 is 0 Å². The van der Waals surface area contributed by atoms with Gasteiger partial charge in [-0.25, -0.2) is 8.78 Å². The lowest BCUT2D eigenvalue weighted by Gasteiger charge is -2.52. The fraction of sp³-hybridized carbons (Fsp3) is 0.362. The van der Waals surface area contributed by atoms with E-state index in [-0.39, 0.29) is 10.8 Å². The van der Waals surface area contributed by atoms with Gasteiger partial charge in [0.1, 0.15) is 28.9 Å². The molecular formula is C47H47F2NO4. The number of rotatable bonds is 5. The fourth-order valence-electron chi connectivity index (χ4n) is 10.9. The molecule has 0 N–H and O–H groups in total. The Bertz CT molecular complexity index is 2260. The summed E-state index contributed by atoms with van der Waals surface area (Å²) in [5.41, 5.74) is 5.11. The molecule has 2 aliphatic carbocycles. The Morgan fingerprint density at radius 1 is 0.685 bits per heavy atom. The quantitative estimate of drug-likeness (QED) is 0.180. The Labute approximate surface area is 316 Å². The summed E-state index contributed by atoms with van der Waals surface area (Å²) in [6.07, 6.45) is 6.79. The zero-order chi connectivity index (χ0) is 37.6. The number of hydrogen-bond acceptors (Lipinski definition) is 5. The van der Waals surface area contributed by atoms with Crippen LogP contribution in [0.4, 0.5) is 14.5 Å². The van der Waals surface area contributed by atoms with Gasteiger partial charge < -0.3 is 23.8 Å². The molecule has 0 unspecified atom stereocenters. The third-order valence-corrected chi connectivity index (χ3v) is 12.2. The van der Waals surface area contributed by atoms with E-state index in [9.17, 15) is 0 Å². The highest BCUT2D eigenvalue weighted by molar-refractivity contribution is 6.09. The molecule has 7 heteroatoms. The number of morpholine rings is 1. The van der Waals surface area contributed by atoms with E-state index in [1.165, 1.54) is 0 Å². The summed E-state index contributed by atoms with van der Waals surface area (Å²) in [5, 5.41) is 1.84. The largest absolute Gasteiger partial charge is 0.497 e. The Morgan fingerprint density at radius 3 is 1.89 bits per heavy atom. The lowest BCUT2D eigenvalue weighted by molar-refractivity contribution is 0.0627. The number of nitrogens with zero attached hydrogens (tertiary/aromatic N) is 1. The van der Waals surface area contributed by atoms with Crippen molar-refractivity contribution in [2.24, 2.45) is 10.8 Å². The summed E-state index contributed by atoms with van der Waals surface area (Å²) in [6, 6.07) is 25.2. The third-order valence-electron chi connectivity index (χ3n) is 12.2. The molecule has 0 bridgehead atoms. The Morgan fingerprint density at radius 2 is 1.30 bits per heavy atom. The highest BCUT2D eigenvalue weighted by atomic mass is 19.1. The molecule has 5 aromatic rings. The van der Waals surface area contributed by atoms with Crippen LogP contribution in [0.25, 0.3) is 28.0 Å². The van der Waals surface area contributed by atoms with Gasteiger partial charge in [0.2, 0.25) is 0 Å². The van der Waals surface area contributed by atoms with Gasteiger partial charge in [-0.3, -0.25) is 0 Å². The van der Waals surface area contributed by atoms with Crippen molar-refractivity contribution in [3.63, 3.8) is 0 Å². The molecule has 1 spiro atoms. The van der Waals surface area contributed by atoms with Crippen LogP contribution in [-0.2, 0) is 15.8 Å². The van der Waals surface area contributed by atoms with E-state index in [1.54, 1.807) is 20.3 Å². The van der Waals surface area contributed by atoms with Gasteiger partial charge in [-0.05, 0) is 101 Å². The smallest absolute Gasteiger partial charge is 0.178 e. The SMILES string of the molecule is COc1ccc(C2(c3ccc(OC)cc3)C=Cc3c4c(c5ccc(N6CCOCC6)cc5c3O2)-c2cc(F)cc(F)c2C42CC(C)(C)CC(C)(C)C2)cc1. The molecule has 0 atom stereocenters. The van der Waals surface area contributed by atoms with Crippen LogP contribution in [0.3, 0.4) is 0 Å². The molecule has 5 aromatic carbocycles. The predicted octanol–water partition coefficient (Wildman–Crippen LogP) is 10.8. The number of anilines is 1. The molecule has 2 fully saturated rings. The molecule has 2 heterocycles. The Hall–Kier alpha value is -4.88. The van der Waals surface area contributed by atoms with Gasteiger partial charge in [0.25, 0.3) is 0 Å². The van der Waals surface area contributed by atoms with Crippen LogP contribution in [-0.4, -0.2) is 40.5 Å². The second kappa shape index (κ2) is 12.3. The molecule has 0 aromatic heterocycles. The first-order valence-electron chi connectivity index (χ1n) is 19.0. The molecule has 278 valence electrons. The number of fused-ring (bicyclic) bond motifs is 10. The van der Waals surface area contributed by atoms with Crippen LogP contribution in [0.2, 0.25) is 0 Å². The van der Waals surface area contributed by atoms with E-state index in [0.29, 0.717) is 24.3 Å². The van der Waals surface area contributed by atoms with Crippen LogP contribution in [0.1, 0.15) is 74.8 Å². The second-order valence-electron chi connectivity index (χ2n) is 17.2. The molecule has 4 aliphatic rings. The van der Waals surface area contributed by atoms with Crippen molar-refractivity contribution in [1.82, 2.24) is 0 Å². The molecule has 5 nitrogen and oxygen atoms in total. The number of methoxy groups -OCH3 is 2. The zero-order valence-corrected chi connectivity index (χ0v) is 31.9. The molecule has 1 saturated heterocycles. The van der Waals surface area contributed by atoms with E-state index in [1.807, 2.05) is 24.3 Å². The van der Waals surface area contributed by atoms with Crippen LogP contribution >= 0.6 is 0 Å². The van der Waals surface area contributed by atoms with Crippen LogP contribution in [0.15, 0.2) is 84.9 Å². The number of halogens is 2. The summed E-state index contributed by atoms with van der Waals surface area (Å²) < 4.78 is 56.7. The fourth-order valence-corrected chi connectivity index (χ4v) is 10.9. The van der Waals surface area contributed by atoms with E-state index >= 15 is 8.78 Å². The lowest BCUT2D eigenvalue weighted by atomic mass is 9.52. The van der Waals surface area contributed by atoms with Crippen molar-refractivity contribution in [2.75, 3.05) is 45.4 Å². The highest BCUT2D eigenvalue weighted by Crippen LogP contribution is 2.67. The van der Waals surface area contributed by atoms with Gasteiger partial charge in [0.05, 0.1) is 27.4 Å². The molecule has 1 saturated carbocycles. The minimum absolute atomic E-state index is 0.112. The van der Waals surface area contributed by atoms with Gasteiger partial charge in [0, 0.05) is 57.9 Å². The summed E-state index contributed by atoms with van der Waals surface area (Å²) >= 11 is 0. The average molecular weight is 728 g/mol.